The van der Waals surface area contributed by atoms with Crippen LogP contribution in [-0.2, 0) is 9.59 Å². The standard InChI is InChI=1S/C20H29N3O3/c1-5-6-7-8-11-23-17-13-15(26-4)9-10-16(17)19(20(23)25)22-21-18(24)12-14(2)3/h9-10,13-14H,5-8,11-12H2,1-4H3,(H,21,24)/b22-19-. The van der Waals surface area contributed by atoms with Crippen molar-refractivity contribution in [2.75, 3.05) is 18.6 Å². The number of hydrogen-bond acceptors (Lipinski definition) is 4. The van der Waals surface area contributed by atoms with Crippen LogP contribution in [0.4, 0.5) is 5.69 Å². The Balaban J connectivity index is 2.22. The summed E-state index contributed by atoms with van der Waals surface area (Å²) in [5.74, 6) is 0.577. The number of rotatable bonds is 9. The molecule has 0 unspecified atom stereocenters. The summed E-state index contributed by atoms with van der Waals surface area (Å²) in [5, 5.41) is 4.13. The number of unbranched alkanes of at least 4 members (excludes halogenated alkanes) is 3. The Labute approximate surface area is 155 Å². The molecule has 0 radical (unpaired) electrons. The SMILES string of the molecule is CCCCCCN1C(=O)/C(=N\NC(=O)CC(C)C)c2ccc(OC)cc21. The summed E-state index contributed by atoms with van der Waals surface area (Å²) in [6.45, 7) is 6.73. The van der Waals surface area contributed by atoms with Gasteiger partial charge in [0, 0.05) is 24.6 Å². The summed E-state index contributed by atoms with van der Waals surface area (Å²) in [4.78, 5) is 26.5. The van der Waals surface area contributed by atoms with Crippen molar-refractivity contribution in [2.24, 2.45) is 11.0 Å². The van der Waals surface area contributed by atoms with Gasteiger partial charge in [-0.2, -0.15) is 5.10 Å². The zero-order valence-electron chi connectivity index (χ0n) is 16.2. The summed E-state index contributed by atoms with van der Waals surface area (Å²) >= 11 is 0. The van der Waals surface area contributed by atoms with E-state index in [4.69, 9.17) is 4.74 Å². The Kier molecular flexibility index (Phi) is 7.18. The second-order valence-electron chi connectivity index (χ2n) is 6.99. The molecule has 0 fully saturated rings. The van der Waals surface area contributed by atoms with E-state index in [1.807, 2.05) is 26.0 Å². The second kappa shape index (κ2) is 9.36. The van der Waals surface area contributed by atoms with Crippen molar-refractivity contribution in [1.82, 2.24) is 5.43 Å². The molecule has 26 heavy (non-hydrogen) atoms. The molecule has 0 bridgehead atoms. The first kappa shape index (κ1) is 19.9. The lowest BCUT2D eigenvalue weighted by molar-refractivity contribution is -0.121. The van der Waals surface area contributed by atoms with Gasteiger partial charge in [0.2, 0.25) is 5.91 Å². The van der Waals surface area contributed by atoms with Gasteiger partial charge in [0.15, 0.2) is 5.71 Å². The number of amides is 2. The molecule has 6 nitrogen and oxygen atoms in total. The first-order valence-corrected chi connectivity index (χ1v) is 9.34. The van der Waals surface area contributed by atoms with Crippen molar-refractivity contribution < 1.29 is 14.3 Å². The summed E-state index contributed by atoms with van der Waals surface area (Å²) in [6.07, 6.45) is 4.69. The number of fused-ring (bicyclic) bond motifs is 1. The molecule has 1 heterocycles. The second-order valence-corrected chi connectivity index (χ2v) is 6.99. The number of nitrogens with zero attached hydrogens (tertiary/aromatic N) is 2. The largest absolute Gasteiger partial charge is 0.497 e. The van der Waals surface area contributed by atoms with E-state index in [2.05, 4.69) is 17.5 Å². The molecule has 0 atom stereocenters. The van der Waals surface area contributed by atoms with Crippen LogP contribution in [-0.4, -0.2) is 31.2 Å². The van der Waals surface area contributed by atoms with Crippen LogP contribution in [0.1, 0.15) is 58.4 Å². The van der Waals surface area contributed by atoms with E-state index in [-0.39, 0.29) is 23.4 Å². The summed E-state index contributed by atoms with van der Waals surface area (Å²) in [7, 11) is 1.60. The summed E-state index contributed by atoms with van der Waals surface area (Å²) in [5.41, 5.74) is 4.34. The van der Waals surface area contributed by atoms with Crippen LogP contribution in [0.3, 0.4) is 0 Å². The normalized spacial score (nSPS) is 14.9. The smallest absolute Gasteiger partial charge is 0.279 e. The van der Waals surface area contributed by atoms with Crippen LogP contribution in [0, 0.1) is 5.92 Å². The highest BCUT2D eigenvalue weighted by molar-refractivity contribution is 6.54. The van der Waals surface area contributed by atoms with Crippen molar-refractivity contribution in [3.63, 3.8) is 0 Å². The fraction of sp³-hybridized carbons (Fsp3) is 0.550. The molecule has 1 aromatic rings. The minimum atomic E-state index is -0.184. The monoisotopic (exact) mass is 359 g/mol. The Bertz CT molecular complexity index is 683. The van der Waals surface area contributed by atoms with Crippen LogP contribution in [0.15, 0.2) is 23.3 Å². The molecule has 0 saturated heterocycles. The maximum absolute atomic E-state index is 12.9. The highest BCUT2D eigenvalue weighted by atomic mass is 16.5. The van der Waals surface area contributed by atoms with Crippen molar-refractivity contribution in [3.05, 3.63) is 23.8 Å². The Hall–Kier alpha value is -2.37. The van der Waals surface area contributed by atoms with Crippen molar-refractivity contribution in [3.8, 4) is 5.75 Å². The molecule has 2 rings (SSSR count). The highest BCUT2D eigenvalue weighted by Gasteiger charge is 2.34. The van der Waals surface area contributed by atoms with E-state index in [0.717, 1.165) is 36.9 Å². The van der Waals surface area contributed by atoms with Crippen LogP contribution >= 0.6 is 0 Å². The van der Waals surface area contributed by atoms with Gasteiger partial charge in [-0.1, -0.05) is 40.0 Å². The molecule has 1 N–H and O–H groups in total. The van der Waals surface area contributed by atoms with Gasteiger partial charge in [-0.3, -0.25) is 9.59 Å². The van der Waals surface area contributed by atoms with Crippen molar-refractivity contribution in [1.29, 1.82) is 0 Å². The summed E-state index contributed by atoms with van der Waals surface area (Å²) in [6, 6.07) is 5.48. The molecule has 1 aliphatic rings. The fourth-order valence-electron chi connectivity index (χ4n) is 2.98. The lowest BCUT2D eigenvalue weighted by atomic mass is 10.1. The maximum atomic E-state index is 12.9. The van der Waals surface area contributed by atoms with Crippen LogP contribution in [0.5, 0.6) is 5.75 Å². The molecule has 0 aliphatic carbocycles. The minimum absolute atomic E-state index is 0.172. The number of carbonyl (C=O) groups excluding carboxylic acids is 2. The average molecular weight is 359 g/mol. The lowest BCUT2D eigenvalue weighted by Gasteiger charge is -2.17. The van der Waals surface area contributed by atoms with Gasteiger partial charge in [0.05, 0.1) is 12.8 Å². The van der Waals surface area contributed by atoms with Crippen molar-refractivity contribution in [2.45, 2.75) is 52.9 Å². The fourth-order valence-corrected chi connectivity index (χ4v) is 2.98. The topological polar surface area (TPSA) is 71.0 Å². The number of nitrogens with one attached hydrogen (secondary N) is 1. The molecule has 142 valence electrons. The van der Waals surface area contributed by atoms with Crippen molar-refractivity contribution >= 4 is 23.2 Å². The minimum Gasteiger partial charge on any atom is -0.497 e. The van der Waals surface area contributed by atoms with E-state index < -0.39 is 0 Å². The number of carbonyl (C=O) groups is 2. The molecule has 1 aromatic carbocycles. The van der Waals surface area contributed by atoms with Gasteiger partial charge in [-0.15, -0.1) is 0 Å². The number of benzene rings is 1. The molecule has 0 saturated carbocycles. The Morgan fingerprint density at radius 1 is 1.27 bits per heavy atom. The highest BCUT2D eigenvalue weighted by Crippen LogP contribution is 2.33. The number of ether oxygens (including phenoxy) is 1. The van der Waals surface area contributed by atoms with Crippen LogP contribution in [0.2, 0.25) is 0 Å². The number of methoxy groups -OCH3 is 1. The van der Waals surface area contributed by atoms with Gasteiger partial charge < -0.3 is 9.64 Å². The Morgan fingerprint density at radius 3 is 2.69 bits per heavy atom. The number of anilines is 1. The molecular formula is C20H29N3O3. The number of hydrazone groups is 1. The molecule has 0 aromatic heterocycles. The summed E-state index contributed by atoms with van der Waals surface area (Å²) < 4.78 is 5.30. The van der Waals surface area contributed by atoms with E-state index in [0.29, 0.717) is 18.7 Å². The molecule has 2 amide bonds. The van der Waals surface area contributed by atoms with Crippen LogP contribution < -0.4 is 15.1 Å². The van der Waals surface area contributed by atoms with E-state index in [9.17, 15) is 9.59 Å². The Morgan fingerprint density at radius 2 is 2.04 bits per heavy atom. The van der Waals surface area contributed by atoms with Gasteiger partial charge in [0.25, 0.3) is 5.91 Å². The molecule has 0 spiro atoms. The zero-order valence-corrected chi connectivity index (χ0v) is 16.2. The third-order valence-corrected chi connectivity index (χ3v) is 4.32. The predicted octanol–water partition coefficient (Wildman–Crippen LogP) is 3.49. The number of hydrogen-bond donors (Lipinski definition) is 1. The quantitative estimate of drug-likeness (QED) is 0.542. The third kappa shape index (κ3) is 4.84. The van der Waals surface area contributed by atoms with Gasteiger partial charge >= 0.3 is 0 Å². The lowest BCUT2D eigenvalue weighted by Crippen LogP contribution is -2.32. The third-order valence-electron chi connectivity index (χ3n) is 4.32. The van der Waals surface area contributed by atoms with Gasteiger partial charge in [0.1, 0.15) is 5.75 Å². The van der Waals surface area contributed by atoms with Crippen LogP contribution in [0.25, 0.3) is 0 Å². The molecule has 1 aliphatic heterocycles. The van der Waals surface area contributed by atoms with Gasteiger partial charge in [-0.25, -0.2) is 5.43 Å². The van der Waals surface area contributed by atoms with E-state index in [1.54, 1.807) is 18.1 Å². The van der Waals surface area contributed by atoms with E-state index >= 15 is 0 Å². The molecule has 6 heteroatoms. The van der Waals surface area contributed by atoms with E-state index in [1.165, 1.54) is 0 Å². The van der Waals surface area contributed by atoms with Gasteiger partial charge in [-0.05, 0) is 24.5 Å². The maximum Gasteiger partial charge on any atom is 0.279 e. The average Bonchev–Trinajstić information content (AvgIpc) is 2.87. The zero-order chi connectivity index (χ0) is 19.1. The first-order valence-electron chi connectivity index (χ1n) is 9.34. The predicted molar refractivity (Wildman–Crippen MR) is 104 cm³/mol. The molecular weight excluding hydrogens is 330 g/mol. The first-order chi connectivity index (χ1) is 12.5.